The Morgan fingerprint density at radius 1 is 0.341 bits per heavy atom. The Hall–Kier alpha value is -2.18. The molecule has 0 saturated carbocycles. The average Bonchev–Trinajstić information content (AvgIpc) is 3.48. The number of hydrogen-bond donors (Lipinski definition) is 3. The third kappa shape index (κ3) is 67.0. The van der Waals surface area contributed by atoms with Crippen LogP contribution in [0.25, 0.3) is 0 Å². The van der Waals surface area contributed by atoms with Crippen molar-refractivity contribution in [2.75, 3.05) is 13.2 Å². The summed E-state index contributed by atoms with van der Waals surface area (Å²) in [7, 11) is 0. The lowest BCUT2D eigenvalue weighted by molar-refractivity contribution is -0.143. The van der Waals surface area contributed by atoms with Crippen molar-refractivity contribution >= 4 is 11.9 Å². The molecule has 0 aromatic rings. The Bertz CT molecular complexity index is 1370. The van der Waals surface area contributed by atoms with Crippen molar-refractivity contribution in [2.24, 2.45) is 0 Å². The summed E-state index contributed by atoms with van der Waals surface area (Å²) in [5, 5.41) is 23.3. The van der Waals surface area contributed by atoms with Gasteiger partial charge >= 0.3 is 5.97 Å². The number of allylic oxidation sites excluding steroid dienone is 7. The Labute approximate surface area is 512 Å². The van der Waals surface area contributed by atoms with Crippen LogP contribution < -0.4 is 5.32 Å². The second-order valence-electron chi connectivity index (χ2n) is 25.3. The molecule has 0 radical (unpaired) electrons. The van der Waals surface area contributed by atoms with Crippen LogP contribution in [0.5, 0.6) is 0 Å². The molecule has 0 aliphatic rings. The van der Waals surface area contributed by atoms with Gasteiger partial charge in [0.2, 0.25) is 5.91 Å². The van der Waals surface area contributed by atoms with Crippen molar-refractivity contribution in [3.05, 3.63) is 48.6 Å². The van der Waals surface area contributed by atoms with E-state index in [9.17, 15) is 19.8 Å². The molecular formula is C76H143NO5. The van der Waals surface area contributed by atoms with Crippen LogP contribution in [0.15, 0.2) is 48.6 Å². The SMILES string of the molecule is CCCC/C=C\C/C=C\CCCCCCCC(=O)OCCCCCCCCCCCCCC/C=C\CCCCCCCCCCCCCCCC(=O)NC(CO)C(O)/C=C/CCCCCCCCCCCCCCCCCCCCCC. The van der Waals surface area contributed by atoms with Gasteiger partial charge < -0.3 is 20.3 Å². The molecule has 0 fully saturated rings. The molecule has 0 heterocycles. The number of carbonyl (C=O) groups is 2. The first-order valence-corrected chi connectivity index (χ1v) is 36.9. The second kappa shape index (κ2) is 71.3. The van der Waals surface area contributed by atoms with Gasteiger partial charge in [-0.05, 0) is 83.5 Å². The molecule has 6 nitrogen and oxygen atoms in total. The highest BCUT2D eigenvalue weighted by Crippen LogP contribution is 2.19. The summed E-state index contributed by atoms with van der Waals surface area (Å²) in [6, 6.07) is -0.629. The maximum atomic E-state index is 12.5. The first-order chi connectivity index (χ1) is 40.5. The van der Waals surface area contributed by atoms with Crippen LogP contribution in [0.4, 0.5) is 0 Å². The minimum Gasteiger partial charge on any atom is -0.466 e. The van der Waals surface area contributed by atoms with E-state index in [0.29, 0.717) is 19.4 Å². The number of aliphatic hydroxyl groups is 2. The van der Waals surface area contributed by atoms with Crippen molar-refractivity contribution in [2.45, 2.75) is 411 Å². The molecular weight excluding hydrogens is 1010 g/mol. The molecule has 1 amide bonds. The van der Waals surface area contributed by atoms with Crippen molar-refractivity contribution in [3.63, 3.8) is 0 Å². The van der Waals surface area contributed by atoms with E-state index in [2.05, 4.69) is 55.6 Å². The second-order valence-corrected chi connectivity index (χ2v) is 25.3. The van der Waals surface area contributed by atoms with Crippen LogP contribution in [0.3, 0.4) is 0 Å². The number of ether oxygens (including phenoxy) is 1. The fraction of sp³-hybridized carbons (Fsp3) is 0.868. The Morgan fingerprint density at radius 2 is 0.622 bits per heavy atom. The van der Waals surface area contributed by atoms with Gasteiger partial charge in [0.15, 0.2) is 0 Å². The number of nitrogens with one attached hydrogen (secondary N) is 1. The molecule has 0 rings (SSSR count). The van der Waals surface area contributed by atoms with Gasteiger partial charge in [-0.25, -0.2) is 0 Å². The fourth-order valence-corrected chi connectivity index (χ4v) is 11.4. The number of esters is 1. The molecule has 3 N–H and O–H groups in total. The number of unbranched alkanes of at least 4 members (excludes halogenated alkanes) is 52. The molecule has 0 aliphatic heterocycles. The highest BCUT2D eigenvalue weighted by molar-refractivity contribution is 5.76. The van der Waals surface area contributed by atoms with Gasteiger partial charge in [0.05, 0.1) is 25.4 Å². The zero-order valence-corrected chi connectivity index (χ0v) is 55.2. The summed E-state index contributed by atoms with van der Waals surface area (Å²) < 4.78 is 5.48. The van der Waals surface area contributed by atoms with Crippen LogP contribution in [-0.2, 0) is 14.3 Å². The maximum absolute atomic E-state index is 12.5. The molecule has 82 heavy (non-hydrogen) atoms. The Morgan fingerprint density at radius 3 is 0.976 bits per heavy atom. The van der Waals surface area contributed by atoms with Crippen LogP contribution >= 0.6 is 0 Å². The van der Waals surface area contributed by atoms with E-state index in [1.54, 1.807) is 6.08 Å². The molecule has 0 saturated heterocycles. The molecule has 0 aromatic heterocycles. The largest absolute Gasteiger partial charge is 0.466 e. The van der Waals surface area contributed by atoms with Crippen molar-refractivity contribution in [3.8, 4) is 0 Å². The molecule has 0 bridgehead atoms. The van der Waals surface area contributed by atoms with Crippen LogP contribution in [0.1, 0.15) is 399 Å². The molecule has 0 aromatic carbocycles. The third-order valence-corrected chi connectivity index (χ3v) is 17.1. The highest BCUT2D eigenvalue weighted by atomic mass is 16.5. The van der Waals surface area contributed by atoms with E-state index < -0.39 is 12.1 Å². The summed E-state index contributed by atoms with van der Waals surface area (Å²) >= 11 is 0. The minimum atomic E-state index is -0.846. The van der Waals surface area contributed by atoms with Gasteiger partial charge in [0, 0.05) is 12.8 Å². The molecule has 0 aliphatic carbocycles. The number of rotatable bonds is 69. The van der Waals surface area contributed by atoms with Crippen molar-refractivity contribution < 1.29 is 24.5 Å². The van der Waals surface area contributed by atoms with E-state index in [1.807, 2.05) is 6.08 Å². The molecule has 2 unspecified atom stereocenters. The Kier molecular flexibility index (Phi) is 69.4. The Balaban J connectivity index is 3.41. The summed E-state index contributed by atoms with van der Waals surface area (Å²) in [6.45, 7) is 4.89. The van der Waals surface area contributed by atoms with E-state index in [1.165, 1.54) is 321 Å². The molecule has 2 atom stereocenters. The van der Waals surface area contributed by atoms with E-state index in [4.69, 9.17) is 4.74 Å². The lowest BCUT2D eigenvalue weighted by atomic mass is 10.0. The predicted molar refractivity (Wildman–Crippen MR) is 361 cm³/mol. The van der Waals surface area contributed by atoms with Crippen molar-refractivity contribution in [1.29, 1.82) is 0 Å². The van der Waals surface area contributed by atoms with Gasteiger partial charge in [0.1, 0.15) is 0 Å². The van der Waals surface area contributed by atoms with E-state index in [-0.39, 0.29) is 18.5 Å². The van der Waals surface area contributed by atoms with Gasteiger partial charge in [-0.1, -0.05) is 351 Å². The fourth-order valence-electron chi connectivity index (χ4n) is 11.4. The first-order valence-electron chi connectivity index (χ1n) is 36.9. The first kappa shape index (κ1) is 79.8. The monoisotopic (exact) mass is 1150 g/mol. The van der Waals surface area contributed by atoms with Crippen LogP contribution in [0.2, 0.25) is 0 Å². The molecule has 6 heteroatoms. The van der Waals surface area contributed by atoms with Crippen molar-refractivity contribution in [1.82, 2.24) is 5.32 Å². The lowest BCUT2D eigenvalue weighted by Crippen LogP contribution is -2.45. The summed E-state index contributed by atoms with van der Waals surface area (Å²) in [5.41, 5.74) is 0. The number of carbonyl (C=O) groups excluding carboxylic acids is 2. The maximum Gasteiger partial charge on any atom is 0.305 e. The zero-order chi connectivity index (χ0) is 59.2. The van der Waals surface area contributed by atoms with Gasteiger partial charge in [-0.15, -0.1) is 0 Å². The lowest BCUT2D eigenvalue weighted by Gasteiger charge is -2.20. The zero-order valence-electron chi connectivity index (χ0n) is 55.2. The minimum absolute atomic E-state index is 0.00172. The molecule has 0 spiro atoms. The highest BCUT2D eigenvalue weighted by Gasteiger charge is 2.18. The normalized spacial score (nSPS) is 12.8. The van der Waals surface area contributed by atoms with E-state index >= 15 is 0 Å². The van der Waals surface area contributed by atoms with Crippen LogP contribution in [-0.4, -0.2) is 47.4 Å². The summed E-state index contributed by atoms with van der Waals surface area (Å²) in [6.07, 6.45) is 93.5. The third-order valence-electron chi connectivity index (χ3n) is 17.1. The number of amides is 1. The number of aliphatic hydroxyl groups excluding tert-OH is 2. The molecule has 482 valence electrons. The van der Waals surface area contributed by atoms with Gasteiger partial charge in [0.25, 0.3) is 0 Å². The smallest absolute Gasteiger partial charge is 0.305 e. The predicted octanol–water partition coefficient (Wildman–Crippen LogP) is 24.0. The van der Waals surface area contributed by atoms with Gasteiger partial charge in [-0.3, -0.25) is 9.59 Å². The average molecular weight is 1150 g/mol. The van der Waals surface area contributed by atoms with E-state index in [0.717, 1.165) is 51.4 Å². The number of hydrogen-bond acceptors (Lipinski definition) is 5. The van der Waals surface area contributed by atoms with Crippen LogP contribution in [0, 0.1) is 0 Å². The van der Waals surface area contributed by atoms with Gasteiger partial charge in [-0.2, -0.15) is 0 Å². The topological polar surface area (TPSA) is 95.9 Å². The summed E-state index contributed by atoms with van der Waals surface area (Å²) in [4.78, 5) is 24.6. The summed E-state index contributed by atoms with van der Waals surface area (Å²) in [5.74, 6) is -0.0618. The standard InChI is InChI=1S/C76H143NO5/c1-3-5-7-9-11-13-15-17-19-20-21-22-32-35-38-41-44-48-52-56-60-64-68-74(79)73(72-78)77-75(80)69-65-61-57-53-49-45-42-39-36-33-30-28-26-24-23-25-27-29-31-34-37-40-43-47-51-55-59-63-67-71-82-76(81)70-66-62-58-54-50-46-18-16-14-12-10-8-6-4-2/h10,12,16,18,23,25,64,68,73-74,78-79H,3-9,11,13-15,17,19-22,24,26-63,65-67,69-72H2,1-2H3,(H,77,80)/b12-10-,18-16-,25-23-,68-64+. The quantitative estimate of drug-likeness (QED) is 0.0320.